The maximum absolute atomic E-state index is 5.98. The minimum atomic E-state index is 0.698. The van der Waals surface area contributed by atoms with Crippen molar-refractivity contribution >= 4 is 11.4 Å². The summed E-state index contributed by atoms with van der Waals surface area (Å²) in [4.78, 5) is 2.26. The Morgan fingerprint density at radius 1 is 1.05 bits per heavy atom. The van der Waals surface area contributed by atoms with Crippen LogP contribution in [0.15, 0.2) is 42.5 Å². The number of anilines is 2. The van der Waals surface area contributed by atoms with E-state index in [0.29, 0.717) is 5.92 Å². The molecule has 0 saturated heterocycles. The van der Waals surface area contributed by atoms with Gasteiger partial charge >= 0.3 is 0 Å². The van der Waals surface area contributed by atoms with Gasteiger partial charge in [-0.1, -0.05) is 38.1 Å². The van der Waals surface area contributed by atoms with Crippen LogP contribution >= 0.6 is 0 Å². The summed E-state index contributed by atoms with van der Waals surface area (Å²) in [5.74, 6) is 0.698. The molecule has 0 unspecified atom stereocenters. The molecule has 2 aromatic carbocycles. The van der Waals surface area contributed by atoms with Crippen molar-refractivity contribution in [3.8, 4) is 0 Å². The van der Waals surface area contributed by atoms with Crippen LogP contribution in [-0.2, 0) is 13.0 Å². The first-order valence-corrected chi connectivity index (χ1v) is 7.61. The van der Waals surface area contributed by atoms with E-state index in [-0.39, 0.29) is 0 Å². The summed E-state index contributed by atoms with van der Waals surface area (Å²) >= 11 is 0. The Morgan fingerprint density at radius 3 is 2.33 bits per heavy atom. The van der Waals surface area contributed by atoms with Gasteiger partial charge in [0.1, 0.15) is 0 Å². The topological polar surface area (TPSA) is 29.3 Å². The molecule has 0 amide bonds. The predicted molar refractivity (Wildman–Crippen MR) is 92.7 cm³/mol. The maximum Gasteiger partial charge on any atom is 0.0429 e. The number of nitrogens with two attached hydrogens (primary N) is 1. The molecule has 2 aromatic rings. The minimum Gasteiger partial charge on any atom is -0.399 e. The van der Waals surface area contributed by atoms with Crippen molar-refractivity contribution in [1.29, 1.82) is 0 Å². The van der Waals surface area contributed by atoms with Gasteiger partial charge in [-0.25, -0.2) is 0 Å². The third-order valence-corrected chi connectivity index (χ3v) is 3.92. The number of nitrogens with zero attached hydrogens (tertiary/aromatic N) is 1. The highest BCUT2D eigenvalue weighted by atomic mass is 15.1. The van der Waals surface area contributed by atoms with Crippen LogP contribution in [0.3, 0.4) is 0 Å². The summed E-state index contributed by atoms with van der Waals surface area (Å²) in [7, 11) is 2.13. The highest BCUT2D eigenvalue weighted by molar-refractivity contribution is 5.53. The van der Waals surface area contributed by atoms with E-state index in [2.05, 4.69) is 63.1 Å². The molecule has 2 nitrogen and oxygen atoms in total. The predicted octanol–water partition coefficient (Wildman–Crippen LogP) is 4.41. The zero-order chi connectivity index (χ0) is 15.4. The van der Waals surface area contributed by atoms with E-state index in [9.17, 15) is 0 Å². The average Bonchev–Trinajstić information content (AvgIpc) is 2.44. The van der Waals surface area contributed by atoms with Crippen molar-refractivity contribution in [2.45, 2.75) is 33.7 Å². The molecule has 0 aliphatic rings. The van der Waals surface area contributed by atoms with Crippen LogP contribution in [-0.4, -0.2) is 7.05 Å². The van der Waals surface area contributed by atoms with Crippen LogP contribution < -0.4 is 10.6 Å². The first-order chi connectivity index (χ1) is 9.97. The number of hydrogen-bond donors (Lipinski definition) is 1. The van der Waals surface area contributed by atoms with Crippen LogP contribution in [0.1, 0.15) is 30.5 Å². The largest absolute Gasteiger partial charge is 0.399 e. The van der Waals surface area contributed by atoms with E-state index in [4.69, 9.17) is 5.73 Å². The number of rotatable bonds is 5. The monoisotopic (exact) mass is 282 g/mol. The van der Waals surface area contributed by atoms with Crippen molar-refractivity contribution in [2.24, 2.45) is 5.92 Å². The van der Waals surface area contributed by atoms with Gasteiger partial charge in [-0.15, -0.1) is 0 Å². The summed E-state index contributed by atoms with van der Waals surface area (Å²) in [5, 5.41) is 0. The maximum atomic E-state index is 5.98. The summed E-state index contributed by atoms with van der Waals surface area (Å²) in [5.41, 5.74) is 12.0. The van der Waals surface area contributed by atoms with Gasteiger partial charge in [-0.05, 0) is 54.2 Å². The highest BCUT2D eigenvalue weighted by Crippen LogP contribution is 2.21. The lowest BCUT2D eigenvalue weighted by molar-refractivity contribution is 0.647. The molecule has 21 heavy (non-hydrogen) atoms. The molecular weight excluding hydrogens is 256 g/mol. The smallest absolute Gasteiger partial charge is 0.0429 e. The van der Waals surface area contributed by atoms with Crippen LogP contribution in [0.2, 0.25) is 0 Å². The molecule has 0 bridgehead atoms. The minimum absolute atomic E-state index is 0.698. The number of nitrogen functional groups attached to an aromatic ring is 1. The summed E-state index contributed by atoms with van der Waals surface area (Å²) in [6, 6.07) is 15.0. The lowest BCUT2D eigenvalue weighted by Gasteiger charge is -2.21. The molecule has 0 fully saturated rings. The van der Waals surface area contributed by atoms with Gasteiger partial charge in [0.15, 0.2) is 0 Å². The molecule has 0 aliphatic heterocycles. The summed E-state index contributed by atoms with van der Waals surface area (Å²) in [6.07, 6.45) is 1.14. The van der Waals surface area contributed by atoms with Crippen LogP contribution in [0.5, 0.6) is 0 Å². The highest BCUT2D eigenvalue weighted by Gasteiger charge is 2.06. The van der Waals surface area contributed by atoms with E-state index in [1.807, 2.05) is 12.1 Å². The van der Waals surface area contributed by atoms with Gasteiger partial charge < -0.3 is 10.6 Å². The van der Waals surface area contributed by atoms with Gasteiger partial charge in [-0.3, -0.25) is 0 Å². The molecule has 0 heterocycles. The molecule has 2 heteroatoms. The van der Waals surface area contributed by atoms with Crippen molar-refractivity contribution in [2.75, 3.05) is 17.7 Å². The van der Waals surface area contributed by atoms with Gasteiger partial charge in [0, 0.05) is 25.0 Å². The second-order valence-corrected chi connectivity index (χ2v) is 6.25. The van der Waals surface area contributed by atoms with E-state index in [0.717, 1.165) is 18.7 Å². The standard InChI is InChI=1S/C19H26N2/c1-14(2)12-16-8-10-18(11-9-16)21(4)13-17-6-5-7-19(20)15(17)3/h5-11,14H,12-13,20H2,1-4H3. The second kappa shape index (κ2) is 6.66. The Bertz CT molecular complexity index is 585. The number of hydrogen-bond acceptors (Lipinski definition) is 2. The normalized spacial score (nSPS) is 10.9. The molecule has 0 atom stereocenters. The zero-order valence-corrected chi connectivity index (χ0v) is 13.6. The zero-order valence-electron chi connectivity index (χ0n) is 13.6. The third-order valence-electron chi connectivity index (χ3n) is 3.92. The third kappa shape index (κ3) is 4.01. The fourth-order valence-corrected chi connectivity index (χ4v) is 2.58. The SMILES string of the molecule is Cc1c(N)cccc1CN(C)c1ccc(CC(C)C)cc1. The molecule has 0 saturated carbocycles. The lowest BCUT2D eigenvalue weighted by Crippen LogP contribution is -2.17. The Hall–Kier alpha value is -1.96. The Labute approximate surface area is 128 Å². The fraction of sp³-hybridized carbons (Fsp3) is 0.368. The van der Waals surface area contributed by atoms with E-state index in [1.54, 1.807) is 0 Å². The number of benzene rings is 2. The van der Waals surface area contributed by atoms with Crippen molar-refractivity contribution in [1.82, 2.24) is 0 Å². The van der Waals surface area contributed by atoms with Gasteiger partial charge in [-0.2, -0.15) is 0 Å². The van der Waals surface area contributed by atoms with E-state index >= 15 is 0 Å². The first-order valence-electron chi connectivity index (χ1n) is 7.61. The van der Waals surface area contributed by atoms with Crippen LogP contribution in [0, 0.1) is 12.8 Å². The van der Waals surface area contributed by atoms with Crippen molar-refractivity contribution in [3.63, 3.8) is 0 Å². The van der Waals surface area contributed by atoms with E-state index in [1.165, 1.54) is 22.4 Å². The Balaban J connectivity index is 2.09. The average molecular weight is 282 g/mol. The van der Waals surface area contributed by atoms with Crippen LogP contribution in [0.4, 0.5) is 11.4 Å². The van der Waals surface area contributed by atoms with Gasteiger partial charge in [0.05, 0.1) is 0 Å². The Morgan fingerprint density at radius 2 is 1.71 bits per heavy atom. The van der Waals surface area contributed by atoms with Gasteiger partial charge in [0.2, 0.25) is 0 Å². The molecule has 2 rings (SSSR count). The second-order valence-electron chi connectivity index (χ2n) is 6.25. The molecule has 0 aliphatic carbocycles. The van der Waals surface area contributed by atoms with E-state index < -0.39 is 0 Å². The fourth-order valence-electron chi connectivity index (χ4n) is 2.58. The molecule has 2 N–H and O–H groups in total. The lowest BCUT2D eigenvalue weighted by atomic mass is 10.0. The molecule has 0 radical (unpaired) electrons. The Kier molecular flexibility index (Phi) is 4.89. The first kappa shape index (κ1) is 15.4. The molecular formula is C19H26N2. The van der Waals surface area contributed by atoms with Crippen molar-refractivity contribution < 1.29 is 0 Å². The summed E-state index contributed by atoms with van der Waals surface area (Å²) in [6.45, 7) is 7.47. The van der Waals surface area contributed by atoms with Gasteiger partial charge in [0.25, 0.3) is 0 Å². The quantitative estimate of drug-likeness (QED) is 0.823. The molecule has 0 aromatic heterocycles. The van der Waals surface area contributed by atoms with Crippen LogP contribution in [0.25, 0.3) is 0 Å². The molecule has 112 valence electrons. The molecule has 0 spiro atoms. The van der Waals surface area contributed by atoms with Crippen molar-refractivity contribution in [3.05, 3.63) is 59.2 Å². The summed E-state index contributed by atoms with van der Waals surface area (Å²) < 4.78 is 0.